The van der Waals surface area contributed by atoms with E-state index < -0.39 is 0 Å². The van der Waals surface area contributed by atoms with Gasteiger partial charge in [0.25, 0.3) is 0 Å². The van der Waals surface area contributed by atoms with Crippen molar-refractivity contribution in [2.24, 2.45) is 0 Å². The lowest BCUT2D eigenvalue weighted by Crippen LogP contribution is -2.06. The number of aromatic nitrogens is 2. The minimum atomic E-state index is -0.332. The summed E-state index contributed by atoms with van der Waals surface area (Å²) in [5.74, 6) is 0.230. The summed E-state index contributed by atoms with van der Waals surface area (Å²) in [5, 5.41) is 4.69. The lowest BCUT2D eigenvalue weighted by molar-refractivity contribution is -0.131. The van der Waals surface area contributed by atoms with E-state index in [-0.39, 0.29) is 5.97 Å². The van der Waals surface area contributed by atoms with Gasteiger partial charge in [0.1, 0.15) is 11.4 Å². The maximum absolute atomic E-state index is 11.6. The molecular weight excluding hydrogens is 300 g/mol. The largest absolute Gasteiger partial charge is 0.422 e. The number of carbonyl (C=O) groups is 1. The van der Waals surface area contributed by atoms with Gasteiger partial charge in [0.05, 0.1) is 6.54 Å². The smallest absolute Gasteiger partial charge is 0.308 e. The quantitative estimate of drug-likeness (QED) is 0.665. The second-order valence-electron chi connectivity index (χ2n) is 5.58. The van der Waals surface area contributed by atoms with Crippen molar-refractivity contribution >= 4 is 5.97 Å². The Hall–Kier alpha value is -2.88. The summed E-state index contributed by atoms with van der Waals surface area (Å²) >= 11 is 0. The van der Waals surface area contributed by atoms with Crippen molar-refractivity contribution in [3.05, 3.63) is 71.9 Å². The highest BCUT2D eigenvalue weighted by Gasteiger charge is 2.21. The van der Waals surface area contributed by atoms with Crippen molar-refractivity contribution in [2.75, 3.05) is 0 Å². The second-order valence-corrected chi connectivity index (χ2v) is 5.58. The SMILES string of the molecule is CCc1nn(Cc2ccccc2)c(-c2ccccc2)c1OC(C)=O. The van der Waals surface area contributed by atoms with Crippen LogP contribution in [0.3, 0.4) is 0 Å². The summed E-state index contributed by atoms with van der Waals surface area (Å²) < 4.78 is 7.44. The Bertz CT molecular complexity index is 824. The van der Waals surface area contributed by atoms with Crippen LogP contribution in [0.15, 0.2) is 60.7 Å². The molecule has 3 rings (SSSR count). The first-order chi connectivity index (χ1) is 11.7. The molecule has 0 aliphatic heterocycles. The van der Waals surface area contributed by atoms with Gasteiger partial charge in [-0.1, -0.05) is 67.6 Å². The Kier molecular flexibility index (Phi) is 4.75. The Labute approximate surface area is 141 Å². The highest BCUT2D eigenvalue weighted by molar-refractivity contribution is 5.76. The summed E-state index contributed by atoms with van der Waals surface area (Å²) in [6.07, 6.45) is 0.699. The number of benzene rings is 2. The Morgan fingerprint density at radius 3 is 2.25 bits per heavy atom. The van der Waals surface area contributed by atoms with E-state index in [4.69, 9.17) is 9.84 Å². The van der Waals surface area contributed by atoms with Crippen LogP contribution in [0.1, 0.15) is 25.1 Å². The number of nitrogens with zero attached hydrogens (tertiary/aromatic N) is 2. The molecule has 0 amide bonds. The maximum Gasteiger partial charge on any atom is 0.308 e. The van der Waals surface area contributed by atoms with Crippen molar-refractivity contribution in [1.82, 2.24) is 9.78 Å². The van der Waals surface area contributed by atoms with Crippen molar-refractivity contribution in [1.29, 1.82) is 0 Å². The normalized spacial score (nSPS) is 10.6. The third kappa shape index (κ3) is 3.38. The van der Waals surface area contributed by atoms with E-state index in [1.165, 1.54) is 6.92 Å². The number of hydrogen-bond donors (Lipinski definition) is 0. The molecular formula is C20H20N2O2. The minimum Gasteiger partial charge on any atom is -0.422 e. The van der Waals surface area contributed by atoms with Crippen LogP contribution < -0.4 is 4.74 Å². The van der Waals surface area contributed by atoms with E-state index >= 15 is 0 Å². The Morgan fingerprint density at radius 1 is 1.04 bits per heavy atom. The van der Waals surface area contributed by atoms with Gasteiger partial charge in [-0.3, -0.25) is 9.48 Å². The molecule has 1 heterocycles. The van der Waals surface area contributed by atoms with Gasteiger partial charge in [-0.2, -0.15) is 5.10 Å². The third-order valence-electron chi connectivity index (χ3n) is 3.78. The number of carbonyl (C=O) groups excluding carboxylic acids is 1. The molecule has 0 spiro atoms. The number of aryl methyl sites for hydroxylation is 1. The molecule has 0 unspecified atom stereocenters. The standard InChI is InChI=1S/C20H20N2O2/c1-3-18-20(24-15(2)23)19(17-12-8-5-9-13-17)22(21-18)14-16-10-6-4-7-11-16/h4-13H,3,14H2,1-2H3. The first kappa shape index (κ1) is 16.0. The Morgan fingerprint density at radius 2 is 1.67 bits per heavy atom. The number of esters is 1. The van der Waals surface area contributed by atoms with E-state index in [1.54, 1.807) is 0 Å². The molecule has 0 saturated carbocycles. The van der Waals surface area contributed by atoms with E-state index in [1.807, 2.05) is 60.1 Å². The van der Waals surface area contributed by atoms with Gasteiger partial charge in [0, 0.05) is 12.5 Å². The van der Waals surface area contributed by atoms with Crippen molar-refractivity contribution in [2.45, 2.75) is 26.8 Å². The third-order valence-corrected chi connectivity index (χ3v) is 3.78. The molecule has 4 nitrogen and oxygen atoms in total. The molecule has 122 valence electrons. The summed E-state index contributed by atoms with van der Waals surface area (Å²) in [4.78, 5) is 11.6. The van der Waals surface area contributed by atoms with Crippen LogP contribution in [0.5, 0.6) is 5.75 Å². The van der Waals surface area contributed by atoms with Gasteiger partial charge in [0.2, 0.25) is 0 Å². The van der Waals surface area contributed by atoms with Crippen LogP contribution in [0, 0.1) is 0 Å². The van der Waals surface area contributed by atoms with Gasteiger partial charge >= 0.3 is 5.97 Å². The fraction of sp³-hybridized carbons (Fsp3) is 0.200. The molecule has 0 radical (unpaired) electrons. The molecule has 24 heavy (non-hydrogen) atoms. The predicted octanol–water partition coefficient (Wildman–Crippen LogP) is 4.09. The topological polar surface area (TPSA) is 44.1 Å². The molecule has 2 aromatic carbocycles. The average Bonchev–Trinajstić information content (AvgIpc) is 2.93. The lowest BCUT2D eigenvalue weighted by Gasteiger charge is -2.10. The molecule has 0 atom stereocenters. The molecule has 1 aromatic heterocycles. The monoisotopic (exact) mass is 320 g/mol. The van der Waals surface area contributed by atoms with Crippen molar-refractivity contribution in [3.8, 4) is 17.0 Å². The van der Waals surface area contributed by atoms with Crippen LogP contribution in [-0.4, -0.2) is 15.7 Å². The van der Waals surface area contributed by atoms with Gasteiger partial charge in [-0.15, -0.1) is 0 Å². The molecule has 0 aliphatic carbocycles. The van der Waals surface area contributed by atoms with E-state index in [0.717, 1.165) is 22.5 Å². The van der Waals surface area contributed by atoms with Gasteiger partial charge in [0.15, 0.2) is 5.75 Å². The van der Waals surface area contributed by atoms with Crippen molar-refractivity contribution in [3.63, 3.8) is 0 Å². The van der Waals surface area contributed by atoms with E-state index in [9.17, 15) is 4.79 Å². The fourth-order valence-electron chi connectivity index (χ4n) is 2.72. The first-order valence-corrected chi connectivity index (χ1v) is 8.06. The summed E-state index contributed by atoms with van der Waals surface area (Å²) in [6.45, 7) is 4.05. The molecule has 0 aliphatic rings. The van der Waals surface area contributed by atoms with E-state index in [2.05, 4.69) is 12.1 Å². The molecule has 0 saturated heterocycles. The van der Waals surface area contributed by atoms with Gasteiger partial charge < -0.3 is 4.74 Å². The first-order valence-electron chi connectivity index (χ1n) is 8.06. The lowest BCUT2D eigenvalue weighted by atomic mass is 10.1. The van der Waals surface area contributed by atoms with Gasteiger partial charge in [-0.05, 0) is 12.0 Å². The van der Waals surface area contributed by atoms with Crippen LogP contribution in [0.4, 0.5) is 0 Å². The van der Waals surface area contributed by atoms with Crippen LogP contribution in [-0.2, 0) is 17.8 Å². The van der Waals surface area contributed by atoms with Crippen molar-refractivity contribution < 1.29 is 9.53 Å². The number of hydrogen-bond acceptors (Lipinski definition) is 3. The second kappa shape index (κ2) is 7.13. The van der Waals surface area contributed by atoms with E-state index in [0.29, 0.717) is 18.7 Å². The highest BCUT2D eigenvalue weighted by Crippen LogP contribution is 2.34. The molecule has 3 aromatic rings. The fourth-order valence-corrected chi connectivity index (χ4v) is 2.72. The minimum absolute atomic E-state index is 0.332. The molecule has 0 N–H and O–H groups in total. The van der Waals surface area contributed by atoms with Crippen LogP contribution in [0.25, 0.3) is 11.3 Å². The summed E-state index contributed by atoms with van der Waals surface area (Å²) in [5.41, 5.74) is 3.76. The Balaban J connectivity index is 2.13. The van der Waals surface area contributed by atoms with Gasteiger partial charge in [-0.25, -0.2) is 0 Å². The highest BCUT2D eigenvalue weighted by atomic mass is 16.5. The predicted molar refractivity (Wildman–Crippen MR) is 93.9 cm³/mol. The molecule has 0 fully saturated rings. The molecule has 4 heteroatoms. The summed E-state index contributed by atoms with van der Waals surface area (Å²) in [7, 11) is 0. The zero-order chi connectivity index (χ0) is 16.9. The summed E-state index contributed by atoms with van der Waals surface area (Å²) in [6, 6.07) is 20.1. The average molecular weight is 320 g/mol. The zero-order valence-electron chi connectivity index (χ0n) is 13.9. The molecule has 0 bridgehead atoms. The number of ether oxygens (including phenoxy) is 1. The maximum atomic E-state index is 11.6. The zero-order valence-corrected chi connectivity index (χ0v) is 13.9. The van der Waals surface area contributed by atoms with Crippen LogP contribution >= 0.6 is 0 Å². The van der Waals surface area contributed by atoms with Crippen LogP contribution in [0.2, 0.25) is 0 Å². The number of rotatable bonds is 5.